The Morgan fingerprint density at radius 1 is 0.976 bits per heavy atom. The van der Waals surface area contributed by atoms with Crippen LogP contribution in [-0.2, 0) is 14.8 Å². The van der Waals surface area contributed by atoms with Gasteiger partial charge < -0.3 is 19.5 Å². The van der Waals surface area contributed by atoms with E-state index in [9.17, 15) is 13.2 Å². The molecule has 1 aliphatic carbocycles. The van der Waals surface area contributed by atoms with E-state index in [1.165, 1.54) is 34.6 Å². The molecule has 0 amide bonds. The second-order valence-electron chi connectivity index (χ2n) is 9.66. The van der Waals surface area contributed by atoms with Crippen LogP contribution in [0.3, 0.4) is 0 Å². The third-order valence-electron chi connectivity index (χ3n) is 7.28. The van der Waals surface area contributed by atoms with E-state index in [1.54, 1.807) is 24.4 Å². The number of hydrogen-bond donors (Lipinski definition) is 2. The molecule has 1 fully saturated rings. The lowest BCUT2D eigenvalue weighted by molar-refractivity contribution is 0.0600. The SMILES string of the molecule is CNS(=O)(=O)c1cnc2cc(-c3cnc(OC)nc3OC)ccc2c1Nc1cc(C(=O)OC)cc(C2CCCC2)c1. The molecule has 0 spiro atoms. The van der Waals surface area contributed by atoms with Gasteiger partial charge in [-0.2, -0.15) is 4.98 Å². The Labute approximate surface area is 238 Å². The number of aromatic nitrogens is 3. The summed E-state index contributed by atoms with van der Waals surface area (Å²) in [4.78, 5) is 25.4. The average Bonchev–Trinajstić information content (AvgIpc) is 3.55. The standard InChI is InChI=1S/C29H31N5O6S/c1-30-41(36,37)25-16-31-24-14-18(23-15-32-29(40-4)34-27(23)38-2)9-10-22(24)26(25)33-21-12-19(17-7-5-6-8-17)11-20(13-21)28(35)39-3/h9-17,30H,5-8H2,1-4H3,(H,31,33). The molecule has 0 bridgehead atoms. The molecular formula is C29H31N5O6S. The quantitative estimate of drug-likeness (QED) is 0.266. The highest BCUT2D eigenvalue weighted by atomic mass is 32.2. The van der Waals surface area contributed by atoms with Gasteiger partial charge in [0, 0.05) is 23.5 Å². The summed E-state index contributed by atoms with van der Waals surface area (Å²) < 4.78 is 44.1. The largest absolute Gasteiger partial charge is 0.480 e. The summed E-state index contributed by atoms with van der Waals surface area (Å²) in [5.74, 6) is 0.179. The maximum Gasteiger partial charge on any atom is 0.337 e. The van der Waals surface area contributed by atoms with Crippen LogP contribution in [0.5, 0.6) is 11.9 Å². The van der Waals surface area contributed by atoms with Crippen LogP contribution in [0.1, 0.15) is 47.5 Å². The average molecular weight is 578 g/mol. The zero-order valence-electron chi connectivity index (χ0n) is 23.2. The van der Waals surface area contributed by atoms with Gasteiger partial charge in [-0.05, 0) is 61.2 Å². The van der Waals surface area contributed by atoms with Crippen molar-refractivity contribution < 1.29 is 27.4 Å². The van der Waals surface area contributed by atoms with E-state index >= 15 is 0 Å². The molecule has 12 heteroatoms. The monoisotopic (exact) mass is 577 g/mol. The fourth-order valence-corrected chi connectivity index (χ4v) is 6.03. The number of rotatable bonds is 9. The number of pyridine rings is 1. The highest BCUT2D eigenvalue weighted by Gasteiger charge is 2.24. The fourth-order valence-electron chi connectivity index (χ4n) is 5.19. The number of carbonyl (C=O) groups excluding carboxylic acids is 1. The number of fused-ring (bicyclic) bond motifs is 1. The van der Waals surface area contributed by atoms with Crippen molar-refractivity contribution in [2.75, 3.05) is 33.7 Å². The van der Waals surface area contributed by atoms with Crippen molar-refractivity contribution in [2.24, 2.45) is 0 Å². The second kappa shape index (κ2) is 11.7. The molecule has 0 unspecified atom stereocenters. The number of nitrogens with one attached hydrogen (secondary N) is 2. The lowest BCUT2D eigenvalue weighted by Crippen LogP contribution is -2.20. The lowest BCUT2D eigenvalue weighted by atomic mass is 9.95. The van der Waals surface area contributed by atoms with Gasteiger partial charge >= 0.3 is 12.0 Å². The van der Waals surface area contributed by atoms with Gasteiger partial charge in [0.05, 0.1) is 43.7 Å². The molecule has 0 atom stereocenters. The van der Waals surface area contributed by atoms with Crippen molar-refractivity contribution in [3.8, 4) is 23.0 Å². The molecule has 4 aromatic rings. The first-order valence-electron chi connectivity index (χ1n) is 13.1. The maximum absolute atomic E-state index is 13.1. The minimum Gasteiger partial charge on any atom is -0.480 e. The van der Waals surface area contributed by atoms with E-state index in [0.29, 0.717) is 45.2 Å². The number of hydrogen-bond acceptors (Lipinski definition) is 10. The fraction of sp³-hybridized carbons (Fsp3) is 0.310. The topological polar surface area (TPSA) is 142 Å². The molecule has 1 saturated carbocycles. The molecule has 214 valence electrons. The van der Waals surface area contributed by atoms with Gasteiger partial charge in [-0.15, -0.1) is 0 Å². The van der Waals surface area contributed by atoms with Crippen molar-refractivity contribution in [1.29, 1.82) is 0 Å². The van der Waals surface area contributed by atoms with Crippen LogP contribution in [0.2, 0.25) is 0 Å². The van der Waals surface area contributed by atoms with E-state index in [4.69, 9.17) is 14.2 Å². The minimum atomic E-state index is -3.90. The van der Waals surface area contributed by atoms with Crippen LogP contribution >= 0.6 is 0 Å². The first-order valence-corrected chi connectivity index (χ1v) is 14.6. The van der Waals surface area contributed by atoms with E-state index in [1.807, 2.05) is 18.2 Å². The Balaban J connectivity index is 1.66. The minimum absolute atomic E-state index is 0.0310. The predicted molar refractivity (Wildman–Crippen MR) is 154 cm³/mol. The highest BCUT2D eigenvalue weighted by Crippen LogP contribution is 2.39. The van der Waals surface area contributed by atoms with Crippen LogP contribution in [0.25, 0.3) is 22.0 Å². The van der Waals surface area contributed by atoms with E-state index in [-0.39, 0.29) is 10.9 Å². The molecule has 0 radical (unpaired) electrons. The number of carbonyl (C=O) groups is 1. The zero-order chi connectivity index (χ0) is 29.1. The van der Waals surface area contributed by atoms with E-state index in [0.717, 1.165) is 36.8 Å². The number of ether oxygens (including phenoxy) is 3. The van der Waals surface area contributed by atoms with Gasteiger partial charge in [0.25, 0.3) is 0 Å². The number of methoxy groups -OCH3 is 3. The zero-order valence-corrected chi connectivity index (χ0v) is 24.0. The van der Waals surface area contributed by atoms with Gasteiger partial charge in [-0.3, -0.25) is 4.98 Å². The second-order valence-corrected chi connectivity index (χ2v) is 11.5. The van der Waals surface area contributed by atoms with Crippen molar-refractivity contribution in [1.82, 2.24) is 19.7 Å². The number of nitrogens with zero attached hydrogens (tertiary/aromatic N) is 3. The van der Waals surface area contributed by atoms with Crippen molar-refractivity contribution in [3.05, 3.63) is 59.9 Å². The van der Waals surface area contributed by atoms with Crippen LogP contribution in [-0.4, -0.2) is 57.7 Å². The summed E-state index contributed by atoms with van der Waals surface area (Å²) in [6.07, 6.45) is 7.22. The van der Waals surface area contributed by atoms with E-state index in [2.05, 4.69) is 25.0 Å². The number of sulfonamides is 1. The summed E-state index contributed by atoms with van der Waals surface area (Å²) in [7, 11) is 1.76. The van der Waals surface area contributed by atoms with Crippen molar-refractivity contribution >= 4 is 38.3 Å². The predicted octanol–water partition coefficient (Wildman–Crippen LogP) is 4.80. The Kier molecular flexibility index (Phi) is 8.04. The molecule has 2 N–H and O–H groups in total. The van der Waals surface area contributed by atoms with Crippen molar-refractivity contribution in [2.45, 2.75) is 36.5 Å². The molecule has 0 saturated heterocycles. The molecule has 11 nitrogen and oxygen atoms in total. The Morgan fingerprint density at radius 3 is 2.44 bits per heavy atom. The summed E-state index contributed by atoms with van der Waals surface area (Å²) in [5.41, 5.74) is 4.17. The maximum atomic E-state index is 13.1. The van der Waals surface area contributed by atoms with E-state index < -0.39 is 16.0 Å². The molecule has 2 aromatic carbocycles. The van der Waals surface area contributed by atoms with Crippen LogP contribution in [0.15, 0.2) is 53.7 Å². The molecular weight excluding hydrogens is 546 g/mol. The number of anilines is 2. The number of esters is 1. The summed E-state index contributed by atoms with van der Waals surface area (Å²) >= 11 is 0. The van der Waals surface area contributed by atoms with Gasteiger partial charge in [0.2, 0.25) is 15.9 Å². The molecule has 0 aliphatic heterocycles. The van der Waals surface area contributed by atoms with Gasteiger partial charge in [0.1, 0.15) is 4.90 Å². The molecule has 41 heavy (non-hydrogen) atoms. The molecule has 5 rings (SSSR count). The molecule has 2 aromatic heterocycles. The van der Waals surface area contributed by atoms with Crippen LogP contribution in [0.4, 0.5) is 11.4 Å². The number of benzene rings is 2. The third-order valence-corrected chi connectivity index (χ3v) is 8.71. The molecule has 2 heterocycles. The first kappa shape index (κ1) is 28.2. The summed E-state index contributed by atoms with van der Waals surface area (Å²) in [6, 6.07) is 11.1. The van der Waals surface area contributed by atoms with Gasteiger partial charge in [-0.1, -0.05) is 25.0 Å². The highest BCUT2D eigenvalue weighted by molar-refractivity contribution is 7.89. The Hall–Kier alpha value is -4.29. The summed E-state index contributed by atoms with van der Waals surface area (Å²) in [5, 5.41) is 3.86. The normalized spacial score (nSPS) is 13.8. The first-order chi connectivity index (χ1) is 19.8. The van der Waals surface area contributed by atoms with Crippen LogP contribution < -0.4 is 19.5 Å². The summed E-state index contributed by atoms with van der Waals surface area (Å²) in [6.45, 7) is 0. The van der Waals surface area contributed by atoms with Crippen molar-refractivity contribution in [3.63, 3.8) is 0 Å². The Morgan fingerprint density at radius 2 is 1.76 bits per heavy atom. The van der Waals surface area contributed by atoms with Gasteiger partial charge in [0.15, 0.2) is 0 Å². The smallest absolute Gasteiger partial charge is 0.337 e. The lowest BCUT2D eigenvalue weighted by Gasteiger charge is -2.18. The third kappa shape index (κ3) is 5.66. The van der Waals surface area contributed by atoms with Gasteiger partial charge in [-0.25, -0.2) is 22.9 Å². The van der Waals surface area contributed by atoms with Crippen LogP contribution in [0, 0.1) is 0 Å². The molecule has 1 aliphatic rings. The Bertz CT molecular complexity index is 1720.